The van der Waals surface area contributed by atoms with Gasteiger partial charge in [0.25, 0.3) is 0 Å². The van der Waals surface area contributed by atoms with E-state index < -0.39 is 64.3 Å². The fourth-order valence-corrected chi connectivity index (χ4v) is 14.5. The molecule has 4 rings (SSSR count). The number of amides is 2. The number of hydrogen-bond acceptors (Lipinski definition) is 13. The molecule has 5 N–H and O–H groups in total. The molecule has 86 heavy (non-hydrogen) atoms. The van der Waals surface area contributed by atoms with Crippen LogP contribution in [0.15, 0.2) is 21.8 Å². The van der Waals surface area contributed by atoms with E-state index in [0.29, 0.717) is 71.6 Å². The Hall–Kier alpha value is -4.58. The van der Waals surface area contributed by atoms with Crippen LogP contribution in [-0.4, -0.2) is 104 Å². The van der Waals surface area contributed by atoms with Crippen LogP contribution in [0.5, 0.6) is 0 Å². The van der Waals surface area contributed by atoms with Gasteiger partial charge in [-0.15, -0.1) is 23.5 Å². The summed E-state index contributed by atoms with van der Waals surface area (Å²) in [4.78, 5) is 104. The van der Waals surface area contributed by atoms with Crippen molar-refractivity contribution in [1.29, 1.82) is 0 Å². The first-order valence-electron chi connectivity index (χ1n) is 31.7. The van der Waals surface area contributed by atoms with Gasteiger partial charge in [-0.25, -0.2) is 14.6 Å². The molecule has 2 amide bonds. The summed E-state index contributed by atoms with van der Waals surface area (Å²) in [5.74, 6) is -3.39. The second-order valence-corrected chi connectivity index (χ2v) is 33.4. The van der Waals surface area contributed by atoms with E-state index in [1.54, 1.807) is 13.0 Å². The zero-order chi connectivity index (χ0) is 65.4. The predicted octanol–water partition coefficient (Wildman–Crippen LogP) is 15.2. The predicted molar refractivity (Wildman–Crippen MR) is 348 cm³/mol. The van der Waals surface area contributed by atoms with Gasteiger partial charge in [0, 0.05) is 35.8 Å². The number of carboxylic acid groups (broad SMARTS) is 2. The van der Waals surface area contributed by atoms with Gasteiger partial charge in [0.15, 0.2) is 0 Å². The maximum absolute atomic E-state index is 15.5. The summed E-state index contributed by atoms with van der Waals surface area (Å²) in [5.41, 5.74) is 0.771. The molecule has 0 bridgehead atoms. The van der Waals surface area contributed by atoms with E-state index in [0.717, 1.165) is 37.4 Å². The monoisotopic (exact) mass is 1240 g/mol. The average molecular weight is 1240 g/mol. The summed E-state index contributed by atoms with van der Waals surface area (Å²) in [6.45, 7) is 46.4. The van der Waals surface area contributed by atoms with Crippen LogP contribution in [0.4, 0.5) is 5.82 Å². The molecule has 2 heterocycles. The zero-order valence-electron chi connectivity index (χ0n) is 56.4. The van der Waals surface area contributed by atoms with E-state index in [1.165, 1.54) is 11.8 Å². The van der Waals surface area contributed by atoms with E-state index in [1.807, 2.05) is 48.5 Å². The van der Waals surface area contributed by atoms with Crippen LogP contribution < -0.4 is 10.6 Å². The Balaban J connectivity index is 1.93. The third-order valence-electron chi connectivity index (χ3n) is 18.0. The van der Waals surface area contributed by atoms with Crippen LogP contribution in [0.3, 0.4) is 0 Å². The van der Waals surface area contributed by atoms with Crippen molar-refractivity contribution in [3.63, 3.8) is 0 Å². The quantitative estimate of drug-likeness (QED) is 0.0348. The number of esters is 3. The third kappa shape index (κ3) is 20.0. The molecule has 6 atom stereocenters. The number of hydrogen-bond donors (Lipinski definition) is 5. The van der Waals surface area contributed by atoms with Crippen molar-refractivity contribution in [2.24, 2.45) is 73.5 Å². The Bertz CT molecular complexity index is 2630. The molecule has 0 saturated heterocycles. The molecular formula is C68H110N4O12S2. The molecule has 0 spiro atoms. The summed E-state index contributed by atoms with van der Waals surface area (Å²) in [6, 6.07) is 0. The van der Waals surface area contributed by atoms with Crippen molar-refractivity contribution in [2.75, 3.05) is 23.4 Å². The Kier molecular flexibility index (Phi) is 26.0. The van der Waals surface area contributed by atoms with Gasteiger partial charge in [0.1, 0.15) is 40.2 Å². The van der Waals surface area contributed by atoms with Crippen molar-refractivity contribution in [2.45, 2.75) is 245 Å². The maximum Gasteiger partial charge on any atom is 0.342 e. The summed E-state index contributed by atoms with van der Waals surface area (Å²) < 4.78 is 19.4. The maximum atomic E-state index is 15.5. The number of carboxylic acids is 2. The molecule has 2 aliphatic carbocycles. The first-order chi connectivity index (χ1) is 39.5. The highest BCUT2D eigenvalue weighted by atomic mass is 32.2. The number of aliphatic carboxylic acids is 2. The summed E-state index contributed by atoms with van der Waals surface area (Å²) in [6.07, 6.45) is 5.83. The molecule has 1 aliphatic heterocycles. The van der Waals surface area contributed by atoms with E-state index in [-0.39, 0.29) is 105 Å². The first kappa shape index (κ1) is 73.9. The Labute approximate surface area is 524 Å². The summed E-state index contributed by atoms with van der Waals surface area (Å²) in [5, 5.41) is 23.2. The van der Waals surface area contributed by atoms with E-state index in [9.17, 15) is 34.2 Å². The molecule has 6 unspecified atom stereocenters. The smallest absolute Gasteiger partial charge is 0.342 e. The van der Waals surface area contributed by atoms with Gasteiger partial charge < -0.3 is 40.0 Å². The largest absolute Gasteiger partial charge is 0.481 e. The van der Waals surface area contributed by atoms with Gasteiger partial charge in [-0.1, -0.05) is 132 Å². The highest BCUT2D eigenvalue weighted by Gasteiger charge is 2.51. The minimum absolute atomic E-state index is 0.0173. The van der Waals surface area contributed by atoms with Crippen LogP contribution in [0.1, 0.15) is 244 Å². The second-order valence-electron chi connectivity index (χ2n) is 30.6. The highest BCUT2D eigenvalue weighted by Crippen LogP contribution is 2.52. The minimum atomic E-state index is -1.21. The molecular weight excluding hydrogens is 1130 g/mol. The standard InChI is InChI=1S/C68H110N4O12S2/c1-23-68(21,22)63(81)82-28-26-30-85-41(8)59(76)72-58-54(62(80)84-56-44(66(15,16)17)33-40(7)34-45(56)67(18,19)20)52(38(4)5)47(70-58)35-46-51(37(2)3)53(57(69-46)71-49(73)27-24-25-29-86-48(60(77)78)36-50(74)75)61(79)83-55-42(64(9,10)11)31-39(6)32-43(55)65(12,13)14/h35,37-45,48,55-56,69H,23-34,36H2,1-22H3,(H,71,73)(H,74,75)(H,77,78)(H,70,72,76). The number of H-pyrrole nitrogens is 1. The molecule has 1 aromatic rings. The van der Waals surface area contributed by atoms with Gasteiger partial charge in [0.2, 0.25) is 11.8 Å². The molecule has 486 valence electrons. The third-order valence-corrected chi connectivity index (χ3v) is 20.6. The number of unbranched alkanes of at least 4 members (excludes halogenated alkanes) is 1. The number of aromatic nitrogens is 1. The van der Waals surface area contributed by atoms with Crippen LogP contribution in [0.2, 0.25) is 0 Å². The second kappa shape index (κ2) is 30.3. The molecule has 2 fully saturated rings. The van der Waals surface area contributed by atoms with Crippen molar-refractivity contribution in [3.8, 4) is 0 Å². The average Bonchev–Trinajstić information content (AvgIpc) is 1.42. The Morgan fingerprint density at radius 1 is 0.674 bits per heavy atom. The van der Waals surface area contributed by atoms with Crippen molar-refractivity contribution < 1.29 is 58.0 Å². The Morgan fingerprint density at radius 2 is 1.16 bits per heavy atom. The number of carbonyl (C=O) groups is 7. The van der Waals surface area contributed by atoms with Gasteiger partial charge in [-0.05, 0) is 146 Å². The number of rotatable bonds is 25. The summed E-state index contributed by atoms with van der Waals surface area (Å²) >= 11 is 2.42. The molecule has 16 nitrogen and oxygen atoms in total. The lowest BCUT2D eigenvalue weighted by Gasteiger charge is -2.50. The van der Waals surface area contributed by atoms with Crippen LogP contribution in [-0.2, 0) is 43.0 Å². The van der Waals surface area contributed by atoms with Crippen molar-refractivity contribution in [1.82, 2.24) is 10.3 Å². The molecule has 1 aromatic heterocycles. The fraction of sp³-hybridized carbons (Fsp3) is 0.765. The van der Waals surface area contributed by atoms with E-state index >= 15 is 9.59 Å². The van der Waals surface area contributed by atoms with Crippen LogP contribution >= 0.6 is 23.5 Å². The number of nitrogens with zero attached hydrogens (tertiary/aromatic N) is 1. The lowest BCUT2D eigenvalue weighted by Crippen LogP contribution is -2.50. The number of carbonyl (C=O) groups excluding carboxylic acids is 5. The molecule has 18 heteroatoms. The molecule has 2 saturated carbocycles. The normalized spacial score (nSPS) is 23.7. The highest BCUT2D eigenvalue weighted by molar-refractivity contribution is 8.00. The number of aliphatic imine (C=N–C) groups is 1. The lowest BCUT2D eigenvalue weighted by atomic mass is 9.59. The van der Waals surface area contributed by atoms with Crippen molar-refractivity contribution in [3.05, 3.63) is 33.7 Å². The molecule has 3 aliphatic rings. The Morgan fingerprint density at radius 3 is 1.60 bits per heavy atom. The van der Waals surface area contributed by atoms with Crippen LogP contribution in [0, 0.1) is 68.5 Å². The van der Waals surface area contributed by atoms with E-state index in [2.05, 4.69) is 113 Å². The number of ether oxygens (including phenoxy) is 3. The number of aromatic amines is 1. The molecule has 0 radical (unpaired) electrons. The lowest BCUT2D eigenvalue weighted by molar-refractivity contribution is -0.164. The van der Waals surface area contributed by atoms with Gasteiger partial charge >= 0.3 is 29.8 Å². The van der Waals surface area contributed by atoms with Crippen LogP contribution in [0.25, 0.3) is 6.08 Å². The number of anilines is 1. The zero-order valence-corrected chi connectivity index (χ0v) is 58.1. The summed E-state index contributed by atoms with van der Waals surface area (Å²) in [7, 11) is 0. The van der Waals surface area contributed by atoms with E-state index in [4.69, 9.17) is 19.2 Å². The number of amidine groups is 1. The minimum Gasteiger partial charge on any atom is -0.481 e. The number of nitrogens with one attached hydrogen (secondary N) is 3. The van der Waals surface area contributed by atoms with Gasteiger partial charge in [-0.2, -0.15) is 0 Å². The van der Waals surface area contributed by atoms with Crippen molar-refractivity contribution >= 4 is 82.9 Å². The first-order valence-corrected chi connectivity index (χ1v) is 33.8. The van der Waals surface area contributed by atoms with Gasteiger partial charge in [0.05, 0.1) is 29.4 Å². The van der Waals surface area contributed by atoms with Gasteiger partial charge in [-0.3, -0.25) is 24.0 Å². The molecule has 0 aromatic carbocycles. The number of allylic oxidation sites excluding steroid dienone is 1. The fourth-order valence-electron chi connectivity index (χ4n) is 12.6. The topological polar surface area (TPSA) is 240 Å². The number of thioether (sulfide) groups is 2. The SMILES string of the molecule is CCC(C)(C)C(=O)OCCCSC(C)C(=O)NC1=NC(=Cc2[nH]c(NC(=O)CCCCSC(CC(=O)O)C(=O)O)c(C(=O)OC3C(C(C)(C)C)CC(C)CC3C(C)(C)C)c2C(C)C)C(C(C)C)=C1C(=O)OC1C(C(C)(C)C)CC(C)CC1C(C)(C)C.